The van der Waals surface area contributed by atoms with Crippen LogP contribution < -0.4 is 10.1 Å². The molecule has 1 atom stereocenters. The molecule has 0 aromatic heterocycles. The zero-order chi connectivity index (χ0) is 17.7. The van der Waals surface area contributed by atoms with Crippen molar-refractivity contribution >= 4 is 5.91 Å². The van der Waals surface area contributed by atoms with Crippen LogP contribution in [0.4, 0.5) is 13.2 Å². The Morgan fingerprint density at radius 3 is 2.46 bits per heavy atom. The second kappa shape index (κ2) is 7.35. The second-order valence-corrected chi connectivity index (χ2v) is 5.08. The number of amides is 1. The first kappa shape index (κ1) is 17.8. The summed E-state index contributed by atoms with van der Waals surface area (Å²) in [7, 11) is 1.51. The molecule has 0 saturated heterocycles. The zero-order valence-corrected chi connectivity index (χ0v) is 12.8. The van der Waals surface area contributed by atoms with Gasteiger partial charge in [-0.05, 0) is 35.9 Å². The fourth-order valence-electron chi connectivity index (χ4n) is 2.07. The number of aliphatic hydroxyl groups excluding tert-OH is 1. The highest BCUT2D eigenvalue weighted by Gasteiger charge is 2.30. The number of nitrogens with one attached hydrogen (secondary N) is 1. The number of hydrogen-bond donors (Lipinski definition) is 2. The Balaban J connectivity index is 1.99. The molecule has 24 heavy (non-hydrogen) atoms. The third kappa shape index (κ3) is 4.48. The average molecular weight is 339 g/mol. The van der Waals surface area contributed by atoms with Gasteiger partial charge in [-0.1, -0.05) is 18.2 Å². The Labute approximate surface area is 136 Å². The molecule has 0 fully saturated rings. The van der Waals surface area contributed by atoms with E-state index in [-0.39, 0.29) is 12.1 Å². The molecule has 0 saturated carbocycles. The maximum atomic E-state index is 12.6. The van der Waals surface area contributed by atoms with Crippen LogP contribution >= 0.6 is 0 Å². The first-order valence-corrected chi connectivity index (χ1v) is 7.08. The third-order valence-corrected chi connectivity index (χ3v) is 3.41. The van der Waals surface area contributed by atoms with Crippen LogP contribution in [0.2, 0.25) is 0 Å². The number of ether oxygens (including phenoxy) is 1. The standard InChI is InChI=1S/C17H16F3NO3/c1-24-14-7-5-11(6-8-14)15(22)10-21-16(23)12-3-2-4-13(9-12)17(18,19)20/h2-9,15,22H,10H2,1H3,(H,21,23). The summed E-state index contributed by atoms with van der Waals surface area (Å²) in [5.74, 6) is -0.0624. The fourth-order valence-corrected chi connectivity index (χ4v) is 2.07. The molecular weight excluding hydrogens is 323 g/mol. The van der Waals surface area contributed by atoms with Gasteiger partial charge in [-0.3, -0.25) is 4.79 Å². The van der Waals surface area contributed by atoms with E-state index in [1.165, 1.54) is 13.2 Å². The van der Waals surface area contributed by atoms with E-state index in [1.807, 2.05) is 0 Å². The Hall–Kier alpha value is -2.54. The summed E-state index contributed by atoms with van der Waals surface area (Å²) in [5.41, 5.74) is -0.460. The molecule has 0 heterocycles. The molecular formula is C17H16F3NO3. The number of carbonyl (C=O) groups excluding carboxylic acids is 1. The minimum atomic E-state index is -4.51. The lowest BCUT2D eigenvalue weighted by molar-refractivity contribution is -0.137. The van der Waals surface area contributed by atoms with Gasteiger partial charge in [0, 0.05) is 12.1 Å². The topological polar surface area (TPSA) is 58.6 Å². The van der Waals surface area contributed by atoms with Gasteiger partial charge in [0.25, 0.3) is 5.91 Å². The number of hydrogen-bond acceptors (Lipinski definition) is 3. The van der Waals surface area contributed by atoms with Gasteiger partial charge in [0.05, 0.1) is 18.8 Å². The quantitative estimate of drug-likeness (QED) is 0.880. The van der Waals surface area contributed by atoms with Crippen molar-refractivity contribution in [3.63, 3.8) is 0 Å². The van der Waals surface area contributed by atoms with Crippen molar-refractivity contribution in [1.82, 2.24) is 5.32 Å². The molecule has 0 aliphatic carbocycles. The van der Waals surface area contributed by atoms with Crippen LogP contribution in [0, 0.1) is 0 Å². The molecule has 2 aromatic carbocycles. The number of halogens is 3. The van der Waals surface area contributed by atoms with Gasteiger partial charge in [0.15, 0.2) is 0 Å². The van der Waals surface area contributed by atoms with Crippen LogP contribution in [0.15, 0.2) is 48.5 Å². The zero-order valence-electron chi connectivity index (χ0n) is 12.8. The smallest absolute Gasteiger partial charge is 0.416 e. The van der Waals surface area contributed by atoms with Crippen molar-refractivity contribution in [3.05, 3.63) is 65.2 Å². The van der Waals surface area contributed by atoms with Gasteiger partial charge >= 0.3 is 6.18 Å². The van der Waals surface area contributed by atoms with E-state index < -0.39 is 23.8 Å². The van der Waals surface area contributed by atoms with E-state index in [0.717, 1.165) is 18.2 Å². The minimum absolute atomic E-state index is 0.119. The molecule has 0 aliphatic rings. The Kier molecular flexibility index (Phi) is 5.46. The summed E-state index contributed by atoms with van der Waals surface area (Å²) in [6.45, 7) is -0.124. The van der Waals surface area contributed by atoms with Crippen LogP contribution in [-0.2, 0) is 6.18 Å². The molecule has 1 unspecified atom stereocenters. The van der Waals surface area contributed by atoms with Crippen molar-refractivity contribution in [1.29, 1.82) is 0 Å². The van der Waals surface area contributed by atoms with Gasteiger partial charge in [0.1, 0.15) is 5.75 Å². The van der Waals surface area contributed by atoms with Crippen molar-refractivity contribution in [2.45, 2.75) is 12.3 Å². The lowest BCUT2D eigenvalue weighted by Gasteiger charge is -2.13. The molecule has 2 aromatic rings. The van der Waals surface area contributed by atoms with Crippen molar-refractivity contribution in [3.8, 4) is 5.75 Å². The van der Waals surface area contributed by atoms with E-state index in [9.17, 15) is 23.1 Å². The monoisotopic (exact) mass is 339 g/mol. The number of rotatable bonds is 5. The highest BCUT2D eigenvalue weighted by atomic mass is 19.4. The molecule has 0 aliphatic heterocycles. The predicted octanol–water partition coefficient (Wildman–Crippen LogP) is 3.18. The summed E-state index contributed by atoms with van der Waals surface area (Å²) >= 11 is 0. The number of aliphatic hydroxyl groups is 1. The molecule has 0 bridgehead atoms. The highest BCUT2D eigenvalue weighted by molar-refractivity contribution is 5.94. The third-order valence-electron chi connectivity index (χ3n) is 3.41. The molecule has 0 radical (unpaired) electrons. The number of alkyl halides is 3. The van der Waals surface area contributed by atoms with Crippen molar-refractivity contribution in [2.75, 3.05) is 13.7 Å². The minimum Gasteiger partial charge on any atom is -0.497 e. The molecule has 2 N–H and O–H groups in total. The number of carbonyl (C=O) groups is 1. The summed E-state index contributed by atoms with van der Waals surface area (Å²) in [5, 5.41) is 12.4. The molecule has 0 spiro atoms. The molecule has 128 valence electrons. The van der Waals surface area contributed by atoms with Crippen LogP contribution in [0.5, 0.6) is 5.75 Å². The first-order chi connectivity index (χ1) is 11.3. The Bertz CT molecular complexity index is 699. The largest absolute Gasteiger partial charge is 0.497 e. The molecule has 1 amide bonds. The summed E-state index contributed by atoms with van der Waals surface area (Å²) in [6, 6.07) is 10.7. The van der Waals surface area contributed by atoms with Gasteiger partial charge < -0.3 is 15.2 Å². The van der Waals surface area contributed by atoms with Crippen LogP contribution in [0.25, 0.3) is 0 Å². The molecule has 2 rings (SSSR count). The van der Waals surface area contributed by atoms with Gasteiger partial charge in [-0.2, -0.15) is 13.2 Å². The normalized spacial score (nSPS) is 12.5. The average Bonchev–Trinajstić information content (AvgIpc) is 2.58. The van der Waals surface area contributed by atoms with Crippen LogP contribution in [0.3, 0.4) is 0 Å². The number of methoxy groups -OCH3 is 1. The van der Waals surface area contributed by atoms with Gasteiger partial charge in [-0.15, -0.1) is 0 Å². The lowest BCUT2D eigenvalue weighted by Crippen LogP contribution is -2.28. The molecule has 4 nitrogen and oxygen atoms in total. The maximum Gasteiger partial charge on any atom is 0.416 e. The summed E-state index contributed by atoms with van der Waals surface area (Å²) < 4.78 is 42.9. The number of benzene rings is 2. The van der Waals surface area contributed by atoms with E-state index in [2.05, 4.69) is 5.32 Å². The lowest BCUT2D eigenvalue weighted by atomic mass is 10.1. The summed E-state index contributed by atoms with van der Waals surface area (Å²) in [4.78, 5) is 12.0. The van der Waals surface area contributed by atoms with Crippen LogP contribution in [0.1, 0.15) is 27.6 Å². The van der Waals surface area contributed by atoms with E-state index in [4.69, 9.17) is 4.74 Å². The van der Waals surface area contributed by atoms with Crippen LogP contribution in [-0.4, -0.2) is 24.7 Å². The highest BCUT2D eigenvalue weighted by Crippen LogP contribution is 2.29. The van der Waals surface area contributed by atoms with E-state index >= 15 is 0 Å². The Morgan fingerprint density at radius 1 is 1.21 bits per heavy atom. The molecule has 7 heteroatoms. The summed E-state index contributed by atoms with van der Waals surface area (Å²) in [6.07, 6.45) is -5.50. The van der Waals surface area contributed by atoms with Crippen molar-refractivity contribution < 1.29 is 27.8 Å². The van der Waals surface area contributed by atoms with Gasteiger partial charge in [-0.25, -0.2) is 0 Å². The maximum absolute atomic E-state index is 12.6. The van der Waals surface area contributed by atoms with Crippen molar-refractivity contribution in [2.24, 2.45) is 0 Å². The van der Waals surface area contributed by atoms with E-state index in [0.29, 0.717) is 11.3 Å². The van der Waals surface area contributed by atoms with E-state index in [1.54, 1.807) is 24.3 Å². The second-order valence-electron chi connectivity index (χ2n) is 5.08. The Morgan fingerprint density at radius 2 is 1.88 bits per heavy atom. The first-order valence-electron chi connectivity index (χ1n) is 7.08. The fraction of sp³-hybridized carbons (Fsp3) is 0.235. The van der Waals surface area contributed by atoms with Gasteiger partial charge in [0.2, 0.25) is 0 Å². The predicted molar refractivity (Wildman–Crippen MR) is 81.7 cm³/mol. The SMILES string of the molecule is COc1ccc(C(O)CNC(=O)c2cccc(C(F)(F)F)c2)cc1.